The summed E-state index contributed by atoms with van der Waals surface area (Å²) in [6, 6.07) is 6.81. The molecule has 0 radical (unpaired) electrons. The highest BCUT2D eigenvalue weighted by Gasteiger charge is 2.18. The summed E-state index contributed by atoms with van der Waals surface area (Å²) in [5, 5.41) is 2.53. The van der Waals surface area contributed by atoms with Crippen LogP contribution in [0.5, 0.6) is 11.5 Å². The molecule has 0 bridgehead atoms. The second-order valence-corrected chi connectivity index (χ2v) is 6.80. The maximum Gasteiger partial charge on any atom is 0.342 e. The SMILES string of the molecule is COc1cccc(-c2nc(COC(=O)c3c(C)cc(=O)oc3C)cs2)c1OC. The third kappa shape index (κ3) is 3.91. The molecule has 7 nitrogen and oxygen atoms in total. The van der Waals surface area contributed by atoms with Gasteiger partial charge < -0.3 is 18.6 Å². The number of hydrogen-bond donors (Lipinski definition) is 0. The van der Waals surface area contributed by atoms with E-state index in [-0.39, 0.29) is 17.9 Å². The molecule has 8 heteroatoms. The fourth-order valence-electron chi connectivity index (χ4n) is 2.83. The number of nitrogens with zero attached hydrogens (tertiary/aromatic N) is 1. The van der Waals surface area contributed by atoms with E-state index < -0.39 is 11.6 Å². The summed E-state index contributed by atoms with van der Waals surface area (Å²) in [5.74, 6) is 0.871. The second kappa shape index (κ2) is 8.26. The van der Waals surface area contributed by atoms with Gasteiger partial charge in [-0.3, -0.25) is 0 Å². The number of carbonyl (C=O) groups excluding carboxylic acids is 1. The van der Waals surface area contributed by atoms with E-state index in [1.807, 2.05) is 23.6 Å². The first kappa shape index (κ1) is 19.6. The Morgan fingerprint density at radius 3 is 2.68 bits per heavy atom. The molecule has 0 saturated heterocycles. The molecule has 28 heavy (non-hydrogen) atoms. The van der Waals surface area contributed by atoms with Gasteiger partial charge in [-0.2, -0.15) is 0 Å². The lowest BCUT2D eigenvalue weighted by molar-refractivity contribution is 0.0463. The van der Waals surface area contributed by atoms with E-state index in [1.54, 1.807) is 28.1 Å². The van der Waals surface area contributed by atoms with Crippen LogP contribution in [0.15, 0.2) is 38.9 Å². The summed E-state index contributed by atoms with van der Waals surface area (Å²) in [6.45, 7) is 3.22. The van der Waals surface area contributed by atoms with Crippen molar-refractivity contribution < 1.29 is 23.4 Å². The van der Waals surface area contributed by atoms with Gasteiger partial charge in [0.2, 0.25) is 0 Å². The number of benzene rings is 1. The fraction of sp³-hybridized carbons (Fsp3) is 0.250. The van der Waals surface area contributed by atoms with Crippen molar-refractivity contribution in [2.24, 2.45) is 0 Å². The zero-order valence-electron chi connectivity index (χ0n) is 15.9. The van der Waals surface area contributed by atoms with Gasteiger partial charge in [0.25, 0.3) is 0 Å². The molecule has 3 aromatic rings. The van der Waals surface area contributed by atoms with Crippen LogP contribution in [-0.2, 0) is 11.3 Å². The van der Waals surface area contributed by atoms with Crippen LogP contribution in [-0.4, -0.2) is 25.2 Å². The number of carbonyl (C=O) groups is 1. The predicted octanol–water partition coefficient (Wildman–Crippen LogP) is 3.75. The monoisotopic (exact) mass is 401 g/mol. The smallest absolute Gasteiger partial charge is 0.342 e. The standard InChI is InChI=1S/C20H19NO6S/c1-11-8-16(22)27-12(2)17(11)20(23)26-9-13-10-28-19(21-13)14-6-5-7-15(24-3)18(14)25-4/h5-8,10H,9H2,1-4H3. The van der Waals surface area contributed by atoms with E-state index in [2.05, 4.69) is 4.98 Å². The van der Waals surface area contributed by atoms with Gasteiger partial charge in [0.15, 0.2) is 11.5 Å². The number of thiazole rings is 1. The first-order valence-corrected chi connectivity index (χ1v) is 9.26. The van der Waals surface area contributed by atoms with E-state index >= 15 is 0 Å². The molecule has 0 unspecified atom stereocenters. The quantitative estimate of drug-likeness (QED) is 0.581. The zero-order valence-corrected chi connectivity index (χ0v) is 16.7. The third-order valence-electron chi connectivity index (χ3n) is 4.07. The molecular weight excluding hydrogens is 382 g/mol. The number of rotatable bonds is 6. The first-order valence-electron chi connectivity index (χ1n) is 8.38. The Hall–Kier alpha value is -3.13. The summed E-state index contributed by atoms with van der Waals surface area (Å²) in [5.41, 5.74) is 1.66. The summed E-state index contributed by atoms with van der Waals surface area (Å²) in [6.07, 6.45) is 0. The van der Waals surface area contributed by atoms with Crippen LogP contribution in [0.2, 0.25) is 0 Å². The normalized spacial score (nSPS) is 10.6. The van der Waals surface area contributed by atoms with Crippen molar-refractivity contribution in [3.63, 3.8) is 0 Å². The second-order valence-electron chi connectivity index (χ2n) is 5.94. The van der Waals surface area contributed by atoms with Crippen molar-refractivity contribution in [3.05, 3.63) is 62.6 Å². The van der Waals surface area contributed by atoms with Gasteiger partial charge in [-0.15, -0.1) is 11.3 Å². The minimum atomic E-state index is -0.563. The minimum absolute atomic E-state index is 0.000373. The van der Waals surface area contributed by atoms with Gasteiger partial charge in [-0.25, -0.2) is 14.6 Å². The van der Waals surface area contributed by atoms with Crippen LogP contribution in [0, 0.1) is 13.8 Å². The minimum Gasteiger partial charge on any atom is -0.493 e. The average molecular weight is 401 g/mol. The van der Waals surface area contributed by atoms with Gasteiger partial charge in [0.05, 0.1) is 25.5 Å². The van der Waals surface area contributed by atoms with E-state index in [0.29, 0.717) is 22.8 Å². The summed E-state index contributed by atoms with van der Waals surface area (Å²) < 4.78 is 21.1. The molecule has 0 aliphatic carbocycles. The molecule has 1 aromatic carbocycles. The Morgan fingerprint density at radius 2 is 2.00 bits per heavy atom. The molecule has 0 atom stereocenters. The predicted molar refractivity (Wildman–Crippen MR) is 104 cm³/mol. The number of hydrogen-bond acceptors (Lipinski definition) is 8. The maximum absolute atomic E-state index is 12.4. The van der Waals surface area contributed by atoms with Gasteiger partial charge in [-0.1, -0.05) is 6.07 Å². The highest BCUT2D eigenvalue weighted by atomic mass is 32.1. The number of methoxy groups -OCH3 is 2. The molecule has 0 saturated carbocycles. The third-order valence-corrected chi connectivity index (χ3v) is 5.00. The summed E-state index contributed by atoms with van der Waals surface area (Å²) in [4.78, 5) is 28.3. The van der Waals surface area contributed by atoms with Crippen LogP contribution in [0.3, 0.4) is 0 Å². The molecule has 0 fully saturated rings. The molecule has 0 aliphatic rings. The molecule has 146 valence electrons. The lowest BCUT2D eigenvalue weighted by atomic mass is 10.1. The van der Waals surface area contributed by atoms with Gasteiger partial charge in [-0.05, 0) is 31.5 Å². The Balaban J connectivity index is 1.78. The molecule has 0 aliphatic heterocycles. The number of aromatic nitrogens is 1. The molecule has 0 spiro atoms. The Bertz CT molecular complexity index is 1040. The van der Waals surface area contributed by atoms with Crippen LogP contribution in [0.25, 0.3) is 10.6 Å². The molecule has 3 rings (SSSR count). The van der Waals surface area contributed by atoms with Crippen molar-refractivity contribution in [2.45, 2.75) is 20.5 Å². The zero-order chi connectivity index (χ0) is 20.3. The van der Waals surface area contributed by atoms with Gasteiger partial charge in [0.1, 0.15) is 22.9 Å². The summed E-state index contributed by atoms with van der Waals surface area (Å²) in [7, 11) is 3.14. The molecule has 2 aromatic heterocycles. The van der Waals surface area contributed by atoms with Crippen LogP contribution < -0.4 is 15.1 Å². The number of aryl methyl sites for hydroxylation is 2. The highest BCUT2D eigenvalue weighted by molar-refractivity contribution is 7.13. The van der Waals surface area contributed by atoms with Crippen molar-refractivity contribution in [2.75, 3.05) is 14.2 Å². The Labute approximate surface area is 165 Å². The lowest BCUT2D eigenvalue weighted by Crippen LogP contribution is -2.12. The molecular formula is C20H19NO6S. The van der Waals surface area contributed by atoms with Crippen molar-refractivity contribution in [1.29, 1.82) is 0 Å². The van der Waals surface area contributed by atoms with Gasteiger partial charge in [0, 0.05) is 11.4 Å². The van der Waals surface area contributed by atoms with Gasteiger partial charge >= 0.3 is 11.6 Å². The van der Waals surface area contributed by atoms with Crippen LogP contribution in [0.1, 0.15) is 27.4 Å². The Kier molecular flexibility index (Phi) is 5.79. The fourth-order valence-corrected chi connectivity index (χ4v) is 3.65. The van der Waals surface area contributed by atoms with E-state index in [1.165, 1.54) is 17.4 Å². The molecule has 0 N–H and O–H groups in total. The van der Waals surface area contributed by atoms with Crippen LogP contribution >= 0.6 is 11.3 Å². The van der Waals surface area contributed by atoms with Crippen LogP contribution in [0.4, 0.5) is 0 Å². The molecule has 2 heterocycles. The van der Waals surface area contributed by atoms with Crippen molar-refractivity contribution >= 4 is 17.3 Å². The van der Waals surface area contributed by atoms with E-state index in [9.17, 15) is 9.59 Å². The first-order chi connectivity index (χ1) is 13.4. The number of esters is 1. The van der Waals surface area contributed by atoms with E-state index in [4.69, 9.17) is 18.6 Å². The number of para-hydroxylation sites is 1. The highest BCUT2D eigenvalue weighted by Crippen LogP contribution is 2.39. The topological polar surface area (TPSA) is 87.9 Å². The van der Waals surface area contributed by atoms with Crippen molar-refractivity contribution in [1.82, 2.24) is 4.98 Å². The summed E-state index contributed by atoms with van der Waals surface area (Å²) >= 11 is 1.41. The Morgan fingerprint density at radius 1 is 1.21 bits per heavy atom. The largest absolute Gasteiger partial charge is 0.493 e. The molecule has 0 amide bonds. The maximum atomic E-state index is 12.4. The lowest BCUT2D eigenvalue weighted by Gasteiger charge is -2.10. The average Bonchev–Trinajstić information content (AvgIpc) is 3.13. The van der Waals surface area contributed by atoms with E-state index in [0.717, 1.165) is 10.6 Å². The van der Waals surface area contributed by atoms with Crippen molar-refractivity contribution in [3.8, 4) is 22.1 Å². The number of ether oxygens (including phenoxy) is 3.